The smallest absolute Gasteiger partial charge is 0.259 e. The van der Waals surface area contributed by atoms with Gasteiger partial charge in [-0.2, -0.15) is 4.98 Å². The minimum Gasteiger partial charge on any atom is -0.493 e. The highest BCUT2D eigenvalue weighted by Crippen LogP contribution is 2.31. The number of amides is 1. The SMILES string of the molecule is COc1cccc(C(=O)Nc2ccc(Oc3cc(-n4ccnc4)nc(C)n3)cc2)c1OC. The van der Waals surface area contributed by atoms with E-state index in [9.17, 15) is 4.79 Å². The van der Waals surface area contributed by atoms with Gasteiger partial charge in [-0.3, -0.25) is 9.36 Å². The van der Waals surface area contributed by atoms with Crippen LogP contribution in [0.25, 0.3) is 5.82 Å². The monoisotopic (exact) mass is 431 g/mol. The summed E-state index contributed by atoms with van der Waals surface area (Å²) in [6, 6.07) is 13.8. The molecule has 162 valence electrons. The molecule has 4 rings (SSSR count). The van der Waals surface area contributed by atoms with Gasteiger partial charge >= 0.3 is 0 Å². The molecule has 0 bridgehead atoms. The van der Waals surface area contributed by atoms with Crippen molar-refractivity contribution in [1.82, 2.24) is 19.5 Å². The van der Waals surface area contributed by atoms with Gasteiger partial charge in [0, 0.05) is 24.1 Å². The highest BCUT2D eigenvalue weighted by molar-refractivity contribution is 6.06. The molecule has 0 unspecified atom stereocenters. The summed E-state index contributed by atoms with van der Waals surface area (Å²) in [6.45, 7) is 1.79. The standard InChI is InChI=1S/C23H21N5O4/c1-15-25-20(28-12-11-24-14-28)13-21(26-15)32-17-9-7-16(8-10-17)27-23(29)18-5-4-6-19(30-2)22(18)31-3/h4-14H,1-3H3,(H,27,29). The van der Waals surface area contributed by atoms with E-state index in [-0.39, 0.29) is 5.91 Å². The molecule has 2 aromatic heterocycles. The third-order valence-corrected chi connectivity index (χ3v) is 4.55. The lowest BCUT2D eigenvalue weighted by Gasteiger charge is -2.13. The zero-order valence-corrected chi connectivity index (χ0v) is 17.8. The van der Waals surface area contributed by atoms with Gasteiger partial charge in [0.15, 0.2) is 11.5 Å². The second-order valence-electron chi connectivity index (χ2n) is 6.70. The van der Waals surface area contributed by atoms with E-state index in [1.807, 2.05) is 0 Å². The van der Waals surface area contributed by atoms with E-state index in [1.54, 1.807) is 78.7 Å². The van der Waals surface area contributed by atoms with Crippen LogP contribution < -0.4 is 19.5 Å². The van der Waals surface area contributed by atoms with Gasteiger partial charge < -0.3 is 19.5 Å². The first kappa shape index (κ1) is 20.9. The molecule has 0 aliphatic rings. The van der Waals surface area contributed by atoms with Crippen LogP contribution in [0.15, 0.2) is 67.3 Å². The Hall–Kier alpha value is -4.40. The van der Waals surface area contributed by atoms with Crippen LogP contribution in [0.1, 0.15) is 16.2 Å². The fraction of sp³-hybridized carbons (Fsp3) is 0.130. The van der Waals surface area contributed by atoms with Crippen molar-refractivity contribution in [3.05, 3.63) is 78.6 Å². The van der Waals surface area contributed by atoms with Crippen molar-refractivity contribution in [2.75, 3.05) is 19.5 Å². The van der Waals surface area contributed by atoms with Gasteiger partial charge in [0.1, 0.15) is 23.7 Å². The first-order valence-corrected chi connectivity index (χ1v) is 9.71. The Bertz CT molecular complexity index is 1220. The van der Waals surface area contributed by atoms with E-state index in [4.69, 9.17) is 14.2 Å². The lowest BCUT2D eigenvalue weighted by molar-refractivity contribution is 0.102. The number of aryl methyl sites for hydroxylation is 1. The number of nitrogens with zero attached hydrogens (tertiary/aromatic N) is 4. The molecule has 4 aromatic rings. The fourth-order valence-electron chi connectivity index (χ4n) is 3.10. The van der Waals surface area contributed by atoms with Crippen molar-refractivity contribution in [1.29, 1.82) is 0 Å². The Kier molecular flexibility index (Phi) is 5.98. The van der Waals surface area contributed by atoms with Gasteiger partial charge in [0.2, 0.25) is 5.88 Å². The maximum atomic E-state index is 12.7. The summed E-state index contributed by atoms with van der Waals surface area (Å²) in [5.74, 6) is 2.74. The maximum Gasteiger partial charge on any atom is 0.259 e. The molecule has 0 fully saturated rings. The molecule has 2 aromatic carbocycles. The van der Waals surface area contributed by atoms with Crippen molar-refractivity contribution in [2.24, 2.45) is 0 Å². The Morgan fingerprint density at radius 2 is 1.84 bits per heavy atom. The zero-order valence-electron chi connectivity index (χ0n) is 17.8. The molecule has 9 nitrogen and oxygen atoms in total. The van der Waals surface area contributed by atoms with Crippen LogP contribution in [0.3, 0.4) is 0 Å². The minimum atomic E-state index is -0.314. The zero-order chi connectivity index (χ0) is 22.5. The van der Waals surface area contributed by atoms with E-state index in [0.29, 0.717) is 46.0 Å². The topological polar surface area (TPSA) is 100 Å². The van der Waals surface area contributed by atoms with Gasteiger partial charge in [-0.25, -0.2) is 9.97 Å². The number of imidazole rings is 1. The molecule has 1 N–H and O–H groups in total. The van der Waals surface area contributed by atoms with Crippen LogP contribution >= 0.6 is 0 Å². The summed E-state index contributed by atoms with van der Waals surface area (Å²) in [5, 5.41) is 2.85. The quantitative estimate of drug-likeness (QED) is 0.471. The summed E-state index contributed by atoms with van der Waals surface area (Å²) < 4.78 is 18.2. The Balaban J connectivity index is 1.48. The average molecular weight is 431 g/mol. The molecule has 9 heteroatoms. The van der Waals surface area contributed by atoms with Crippen molar-refractivity contribution in [2.45, 2.75) is 6.92 Å². The number of hydrogen-bond donors (Lipinski definition) is 1. The van der Waals surface area contributed by atoms with Crippen LogP contribution in [0.2, 0.25) is 0 Å². The number of hydrogen-bond acceptors (Lipinski definition) is 7. The van der Waals surface area contributed by atoms with Crippen molar-refractivity contribution >= 4 is 11.6 Å². The van der Waals surface area contributed by atoms with Crippen LogP contribution in [-0.2, 0) is 0 Å². The van der Waals surface area contributed by atoms with Crippen molar-refractivity contribution in [3.63, 3.8) is 0 Å². The summed E-state index contributed by atoms with van der Waals surface area (Å²) in [4.78, 5) is 25.5. The normalized spacial score (nSPS) is 10.5. The number of benzene rings is 2. The van der Waals surface area contributed by atoms with Gasteiger partial charge in [0.25, 0.3) is 5.91 Å². The predicted molar refractivity (Wildman–Crippen MR) is 118 cm³/mol. The van der Waals surface area contributed by atoms with Crippen LogP contribution in [0.5, 0.6) is 23.1 Å². The molecular weight excluding hydrogens is 410 g/mol. The summed E-state index contributed by atoms with van der Waals surface area (Å²) in [7, 11) is 3.02. The Morgan fingerprint density at radius 1 is 1.03 bits per heavy atom. The lowest BCUT2D eigenvalue weighted by atomic mass is 10.1. The fourth-order valence-corrected chi connectivity index (χ4v) is 3.10. The number of para-hydroxylation sites is 1. The molecule has 0 saturated carbocycles. The number of anilines is 1. The number of rotatable bonds is 7. The van der Waals surface area contributed by atoms with E-state index in [0.717, 1.165) is 0 Å². The molecule has 1 amide bonds. The second-order valence-corrected chi connectivity index (χ2v) is 6.70. The highest BCUT2D eigenvalue weighted by Gasteiger charge is 2.16. The third-order valence-electron chi connectivity index (χ3n) is 4.55. The van der Waals surface area contributed by atoms with Crippen LogP contribution in [0, 0.1) is 6.92 Å². The molecule has 0 spiro atoms. The molecule has 2 heterocycles. The number of aromatic nitrogens is 4. The maximum absolute atomic E-state index is 12.7. The summed E-state index contributed by atoms with van der Waals surface area (Å²) in [5.41, 5.74) is 0.973. The van der Waals surface area contributed by atoms with E-state index >= 15 is 0 Å². The predicted octanol–water partition coefficient (Wildman–Crippen LogP) is 4.03. The van der Waals surface area contributed by atoms with Crippen molar-refractivity contribution in [3.8, 4) is 28.9 Å². The third kappa shape index (κ3) is 4.51. The molecular formula is C23H21N5O4. The molecule has 0 aliphatic heterocycles. The molecule has 32 heavy (non-hydrogen) atoms. The Labute approximate surface area is 184 Å². The lowest BCUT2D eigenvalue weighted by Crippen LogP contribution is -2.13. The van der Waals surface area contributed by atoms with Crippen LogP contribution in [0.4, 0.5) is 5.69 Å². The Morgan fingerprint density at radius 3 is 2.53 bits per heavy atom. The number of nitrogens with one attached hydrogen (secondary N) is 1. The van der Waals surface area contributed by atoms with E-state index < -0.39 is 0 Å². The molecule has 0 atom stereocenters. The largest absolute Gasteiger partial charge is 0.493 e. The number of ether oxygens (including phenoxy) is 3. The van der Waals surface area contributed by atoms with Gasteiger partial charge in [0.05, 0.1) is 19.8 Å². The van der Waals surface area contributed by atoms with Crippen LogP contribution in [-0.4, -0.2) is 39.6 Å². The van der Waals surface area contributed by atoms with Gasteiger partial charge in [-0.05, 0) is 43.3 Å². The van der Waals surface area contributed by atoms with E-state index in [1.165, 1.54) is 14.2 Å². The summed E-state index contributed by atoms with van der Waals surface area (Å²) in [6.07, 6.45) is 5.12. The number of methoxy groups -OCH3 is 2. The molecule has 0 aliphatic carbocycles. The van der Waals surface area contributed by atoms with E-state index in [2.05, 4.69) is 20.3 Å². The highest BCUT2D eigenvalue weighted by atomic mass is 16.5. The first-order chi connectivity index (χ1) is 15.6. The minimum absolute atomic E-state index is 0.314. The molecule has 0 radical (unpaired) electrons. The van der Waals surface area contributed by atoms with Crippen molar-refractivity contribution < 1.29 is 19.0 Å². The number of carbonyl (C=O) groups excluding carboxylic acids is 1. The average Bonchev–Trinajstić information content (AvgIpc) is 3.34. The number of carbonyl (C=O) groups is 1. The molecule has 0 saturated heterocycles. The first-order valence-electron chi connectivity index (χ1n) is 9.71. The van der Waals surface area contributed by atoms with Gasteiger partial charge in [-0.1, -0.05) is 6.07 Å². The van der Waals surface area contributed by atoms with Gasteiger partial charge in [-0.15, -0.1) is 0 Å². The summed E-state index contributed by atoms with van der Waals surface area (Å²) >= 11 is 0. The second kappa shape index (κ2) is 9.17.